The third kappa shape index (κ3) is 8.57. The summed E-state index contributed by atoms with van der Waals surface area (Å²) in [6.45, 7) is 19.4. The first kappa shape index (κ1) is 61.7. The van der Waals surface area contributed by atoms with Crippen LogP contribution in [0.5, 0.6) is 0 Å². The first-order valence-corrected chi connectivity index (χ1v) is 37.9. The second kappa shape index (κ2) is 21.9. The van der Waals surface area contributed by atoms with Crippen molar-refractivity contribution < 1.29 is 0 Å². The Morgan fingerprint density at radius 3 is 0.598 bits per heavy atom. The van der Waals surface area contributed by atoms with Crippen LogP contribution in [-0.4, -0.2) is 13.7 Å². The third-order valence-electron chi connectivity index (χ3n) is 25.3. The molecule has 4 aliphatic rings. The summed E-state index contributed by atoms with van der Waals surface area (Å²) in [6.07, 6.45) is 0. The van der Waals surface area contributed by atoms with Gasteiger partial charge in [0.15, 0.2) is 0 Å². The topological polar surface area (TPSA) is 21.3 Å². The largest absolute Gasteiger partial charge is 0.309 e. The van der Waals surface area contributed by atoms with E-state index in [2.05, 4.69) is 400 Å². The van der Waals surface area contributed by atoms with Crippen LogP contribution in [0.2, 0.25) is 0 Å². The Kier molecular flexibility index (Phi) is 12.7. The molecule has 7 heterocycles. The summed E-state index contributed by atoms with van der Waals surface area (Å²) in [5.74, 6) is 0. The summed E-state index contributed by atoms with van der Waals surface area (Å²) in [6, 6.07) is 122. The Morgan fingerprint density at radius 1 is 0.178 bits per heavy atom. The van der Waals surface area contributed by atoms with Gasteiger partial charge < -0.3 is 23.5 Å². The molecule has 107 heavy (non-hydrogen) atoms. The zero-order chi connectivity index (χ0) is 71.7. The van der Waals surface area contributed by atoms with Gasteiger partial charge in [0, 0.05) is 71.0 Å². The van der Waals surface area contributed by atoms with Crippen molar-refractivity contribution in [3.05, 3.63) is 366 Å². The van der Waals surface area contributed by atoms with Gasteiger partial charge in [-0.2, -0.15) is 0 Å². The van der Waals surface area contributed by atoms with Crippen LogP contribution >= 0.6 is 0 Å². The maximum absolute atomic E-state index is 2.56. The van der Waals surface area contributed by atoms with Gasteiger partial charge in [-0.05, 0) is 247 Å². The molecule has 0 bridgehead atoms. The van der Waals surface area contributed by atoms with E-state index < -0.39 is 0 Å². The van der Waals surface area contributed by atoms with Gasteiger partial charge in [0.2, 0.25) is 0 Å². The van der Waals surface area contributed by atoms with Crippen molar-refractivity contribution in [1.82, 2.24) is 13.7 Å². The minimum atomic E-state index is -0.248. The molecular weight excluding hydrogens is 1300 g/mol. The Hall–Kier alpha value is -12.7. The number of rotatable bonds is 7. The first-order valence-electron chi connectivity index (χ1n) is 37.9. The predicted octanol–water partition coefficient (Wildman–Crippen LogP) is 27.1. The molecule has 5 heteroatoms. The van der Waals surface area contributed by atoms with Gasteiger partial charge in [-0.3, -0.25) is 0 Å². The molecule has 4 aliphatic heterocycles. The molecule has 0 aliphatic carbocycles. The van der Waals surface area contributed by atoms with Crippen LogP contribution in [0.3, 0.4) is 0 Å². The van der Waals surface area contributed by atoms with Gasteiger partial charge in [0.25, 0.3) is 0 Å². The quantitative estimate of drug-likeness (QED) is 0.159. The fourth-order valence-corrected chi connectivity index (χ4v) is 19.8. The van der Waals surface area contributed by atoms with Crippen molar-refractivity contribution in [3.8, 4) is 61.6 Å². The van der Waals surface area contributed by atoms with E-state index in [1.807, 2.05) is 0 Å². The summed E-state index contributed by atoms with van der Waals surface area (Å²) in [5.41, 5.74) is 37.6. The monoisotopic (exact) mass is 1370 g/mol. The number of benzene rings is 15. The molecule has 0 atom stereocenters. The molecule has 510 valence electrons. The second-order valence-electron chi connectivity index (χ2n) is 32.5. The molecule has 0 amide bonds. The smallest absolute Gasteiger partial charge is 0.0544 e. The first-order chi connectivity index (χ1) is 52.1. The summed E-state index contributed by atoms with van der Waals surface area (Å²) in [7, 11) is 0. The van der Waals surface area contributed by atoms with Crippen molar-refractivity contribution >= 4 is 99.5 Å². The van der Waals surface area contributed by atoms with Gasteiger partial charge in [-0.15, -0.1) is 0 Å². The zero-order valence-electron chi connectivity index (χ0n) is 61.3. The molecule has 0 fully saturated rings. The van der Waals surface area contributed by atoms with E-state index in [4.69, 9.17) is 0 Å². The Bertz CT molecular complexity index is 6320. The number of fused-ring (bicyclic) bond motifs is 17. The number of nitrogens with zero attached hydrogens (tertiary/aromatic N) is 5. The molecule has 5 nitrogen and oxygen atoms in total. The molecular formula is C102H77N5. The van der Waals surface area contributed by atoms with E-state index in [0.717, 1.165) is 17.1 Å². The van der Waals surface area contributed by atoms with Gasteiger partial charge in [0.05, 0.1) is 67.2 Å². The predicted molar refractivity (Wildman–Crippen MR) is 449 cm³/mol. The van der Waals surface area contributed by atoms with Crippen LogP contribution in [0.1, 0.15) is 99.9 Å². The average molecular weight is 1370 g/mol. The molecule has 22 rings (SSSR count). The number of hydrogen-bond acceptors (Lipinski definition) is 2. The highest BCUT2D eigenvalue weighted by atomic mass is 15.2. The van der Waals surface area contributed by atoms with Crippen molar-refractivity contribution in [1.29, 1.82) is 0 Å². The van der Waals surface area contributed by atoms with Crippen LogP contribution in [-0.2, 0) is 21.7 Å². The maximum atomic E-state index is 2.56. The highest BCUT2D eigenvalue weighted by Crippen LogP contribution is 2.63. The van der Waals surface area contributed by atoms with Gasteiger partial charge >= 0.3 is 0 Å². The number of para-hydroxylation sites is 7. The van der Waals surface area contributed by atoms with Crippen LogP contribution in [0.15, 0.2) is 322 Å². The Labute approximate surface area is 623 Å². The Morgan fingerprint density at radius 2 is 0.374 bits per heavy atom. The Balaban J connectivity index is 0.700. The van der Waals surface area contributed by atoms with Gasteiger partial charge in [0.1, 0.15) is 0 Å². The number of anilines is 6. The van der Waals surface area contributed by atoms with E-state index >= 15 is 0 Å². The minimum Gasteiger partial charge on any atom is -0.309 e. The van der Waals surface area contributed by atoms with Crippen LogP contribution in [0.4, 0.5) is 34.1 Å². The fourth-order valence-electron chi connectivity index (χ4n) is 19.8. The highest BCUT2D eigenvalue weighted by Gasteiger charge is 2.48. The molecule has 0 radical (unpaired) electrons. The lowest BCUT2D eigenvalue weighted by Gasteiger charge is -2.49. The molecule has 18 aromatic rings. The molecule has 0 N–H and O–H groups in total. The van der Waals surface area contributed by atoms with Crippen LogP contribution < -0.4 is 9.80 Å². The molecule has 0 spiro atoms. The number of hydrogen-bond donors (Lipinski definition) is 0. The summed E-state index contributed by atoms with van der Waals surface area (Å²) < 4.78 is 7.37. The van der Waals surface area contributed by atoms with E-state index in [0.29, 0.717) is 0 Å². The lowest BCUT2D eigenvalue weighted by atomic mass is 9.65. The molecule has 15 aromatic carbocycles. The summed E-state index contributed by atoms with van der Waals surface area (Å²) in [4.78, 5) is 5.12. The fraction of sp³-hybridized carbons (Fsp3) is 0.118. The normalized spacial score (nSPS) is 15.2. The SMILES string of the molecule is CC1(C)c2ccccc2N2c3ccccc3C(C)(C)c3cc(-c4ccc5c(c4)c4cc(-c6ccc7c(c6)c6cc(-c8ccc9c(c8)c8cc(-c%10cc%11c%12c(c%10)C(C)(C)c%10ccccc%10N%12c%10ccccc%10C%11(C)C)ccc8n9-c8ccccc8)ccc6n7-c6ccccc6)ccc4n5-c4ccccc4)cc1c32. The molecule has 0 saturated heterocycles. The van der Waals surface area contributed by atoms with Crippen LogP contribution in [0.25, 0.3) is 127 Å². The van der Waals surface area contributed by atoms with E-state index in [9.17, 15) is 0 Å². The van der Waals surface area contributed by atoms with Gasteiger partial charge in [-0.1, -0.05) is 219 Å². The van der Waals surface area contributed by atoms with E-state index in [1.165, 1.54) is 189 Å². The molecule has 0 unspecified atom stereocenters. The lowest BCUT2D eigenvalue weighted by Crippen LogP contribution is -2.38. The summed E-state index contributed by atoms with van der Waals surface area (Å²) >= 11 is 0. The van der Waals surface area contributed by atoms with Crippen molar-refractivity contribution in [2.75, 3.05) is 9.80 Å². The van der Waals surface area contributed by atoms with Crippen molar-refractivity contribution in [2.45, 2.75) is 77.0 Å². The van der Waals surface area contributed by atoms with Crippen molar-refractivity contribution in [3.63, 3.8) is 0 Å². The zero-order valence-corrected chi connectivity index (χ0v) is 61.3. The second-order valence-corrected chi connectivity index (χ2v) is 32.5. The summed E-state index contributed by atoms with van der Waals surface area (Å²) in [5, 5.41) is 7.30. The van der Waals surface area contributed by atoms with E-state index in [-0.39, 0.29) is 21.7 Å². The molecule has 0 saturated carbocycles. The number of aromatic nitrogens is 3. The molecule has 3 aromatic heterocycles. The minimum absolute atomic E-state index is 0.248. The maximum Gasteiger partial charge on any atom is 0.0544 e. The third-order valence-corrected chi connectivity index (χ3v) is 25.3. The highest BCUT2D eigenvalue weighted by molar-refractivity contribution is 6.16. The van der Waals surface area contributed by atoms with E-state index in [1.54, 1.807) is 0 Å². The standard InChI is InChI=1S/C102H77N5/c1-99(2)79-32-18-22-36-93(79)106-94-37-23-19-33-80(94)100(3,4)84-59-68(58-83(99)97(84)106)66-44-50-91-77(56-66)75-54-64(42-48-89(75)104(91)71-28-14-10-15-29-71)62-40-46-87-73(52-62)74-53-63(41-47-88(74)103(87)70-26-12-9-13-27-70)65-43-49-90-76(55-65)78-57-67(45-51-92(78)105(90)72-30-16-11-17-31-72)69-60-85-98-86(61-69)102(7,8)82-35-21-25-39-96(82)107(98)95-38-24-20-34-81(95)101(85,5)6/h9-61H,1-8H3. The van der Waals surface area contributed by atoms with Crippen molar-refractivity contribution in [2.24, 2.45) is 0 Å². The van der Waals surface area contributed by atoms with Crippen LogP contribution in [0, 0.1) is 0 Å². The lowest BCUT2D eigenvalue weighted by molar-refractivity contribution is 0.597. The average Bonchev–Trinajstić information content (AvgIpc) is 1.58. The van der Waals surface area contributed by atoms with Gasteiger partial charge in [-0.25, -0.2) is 0 Å².